The molecule has 2 aromatic rings. The van der Waals surface area contributed by atoms with E-state index in [-0.39, 0.29) is 30.9 Å². The second kappa shape index (κ2) is 18.2. The molecule has 1 saturated carbocycles. The maximum absolute atomic E-state index is 13.9. The molecule has 4 rings (SSSR count). The first-order valence-electron chi connectivity index (χ1n) is 18.4. The molecule has 1 aliphatic heterocycles. The van der Waals surface area contributed by atoms with Crippen molar-refractivity contribution in [1.82, 2.24) is 5.32 Å². The zero-order valence-electron chi connectivity index (χ0n) is 31.7. The topological polar surface area (TPSA) is 182 Å². The van der Waals surface area contributed by atoms with E-state index in [0.717, 1.165) is 18.9 Å². The third-order valence-electron chi connectivity index (χ3n) is 8.96. The summed E-state index contributed by atoms with van der Waals surface area (Å²) < 4.78 is 29.5. The van der Waals surface area contributed by atoms with Crippen LogP contribution in [0.2, 0.25) is 0 Å². The molecule has 13 nitrogen and oxygen atoms in total. The van der Waals surface area contributed by atoms with E-state index >= 15 is 0 Å². The zero-order valence-corrected chi connectivity index (χ0v) is 31.7. The number of aliphatic hydroxyl groups is 1. The number of hydrogen-bond donors (Lipinski definition) is 5. The maximum Gasteiger partial charge on any atom is 0.331 e. The first-order chi connectivity index (χ1) is 25.0. The molecule has 1 heterocycles. The number of rotatable bonds is 17. The molecular formula is C40H56N2O11. The molecule has 1 aliphatic carbocycles. The van der Waals surface area contributed by atoms with Gasteiger partial charge >= 0.3 is 5.97 Å². The van der Waals surface area contributed by atoms with Gasteiger partial charge in [-0.3, -0.25) is 9.59 Å². The third-order valence-corrected chi connectivity index (χ3v) is 8.96. The van der Waals surface area contributed by atoms with Crippen molar-refractivity contribution in [2.24, 2.45) is 0 Å². The van der Waals surface area contributed by atoms with Crippen LogP contribution < -0.4 is 15.4 Å². The number of carbonyl (C=O) groups is 3. The Bertz CT molecular complexity index is 1570. The Morgan fingerprint density at radius 1 is 0.962 bits per heavy atom. The molecule has 5 unspecified atom stereocenters. The Balaban J connectivity index is 1.42. The lowest BCUT2D eigenvalue weighted by Crippen LogP contribution is -2.61. The van der Waals surface area contributed by atoms with Crippen LogP contribution in [-0.2, 0) is 33.3 Å². The first-order valence-corrected chi connectivity index (χ1v) is 18.4. The van der Waals surface area contributed by atoms with E-state index in [1.165, 1.54) is 50.0 Å². The number of ether oxygens (including phenoxy) is 5. The van der Waals surface area contributed by atoms with Crippen molar-refractivity contribution in [3.63, 3.8) is 0 Å². The normalized spacial score (nSPS) is 22.9. The Labute approximate surface area is 312 Å². The Morgan fingerprint density at radius 3 is 2.34 bits per heavy atom. The lowest BCUT2D eigenvalue weighted by molar-refractivity contribution is -0.177. The summed E-state index contributed by atoms with van der Waals surface area (Å²) in [6.07, 6.45) is 6.25. The number of amides is 2. The highest BCUT2D eigenvalue weighted by Crippen LogP contribution is 2.42. The predicted molar refractivity (Wildman–Crippen MR) is 198 cm³/mol. The summed E-state index contributed by atoms with van der Waals surface area (Å²) >= 11 is 0. The molecule has 2 aliphatic rings. The van der Waals surface area contributed by atoms with E-state index in [1.807, 2.05) is 20.8 Å². The summed E-state index contributed by atoms with van der Waals surface area (Å²) in [7, 11) is 0. The van der Waals surface area contributed by atoms with Gasteiger partial charge in [0.1, 0.15) is 29.6 Å². The second-order valence-electron chi connectivity index (χ2n) is 15.2. The molecule has 292 valence electrons. The largest absolute Gasteiger partial charge is 0.504 e. The smallest absolute Gasteiger partial charge is 0.331 e. The summed E-state index contributed by atoms with van der Waals surface area (Å²) in [4.78, 5) is 40.4. The summed E-state index contributed by atoms with van der Waals surface area (Å²) in [5, 5.41) is 36.6. The standard InChI is InChI=1S/C40H56N2O11/c1-7-8-9-10-11-12-21-49-28-17-15-27(16-18-28)41-36(46)29(25-50-38(2,3)4)42-37(47)40(48)23-32(35-33(24-40)52-39(5,6)53-35)51-34(45)20-14-26-13-19-30(43)31(44)22-26/h13-20,22,29,32-33,35,43-44,48H,7-12,21,23-25H2,1-6H3,(H,41,46)(H,42,47)/b20-14+. The number of fused-ring (bicyclic) bond motifs is 1. The Morgan fingerprint density at radius 2 is 1.66 bits per heavy atom. The average molecular weight is 741 g/mol. The van der Waals surface area contributed by atoms with Gasteiger partial charge in [-0.05, 0) is 89.1 Å². The van der Waals surface area contributed by atoms with Crippen molar-refractivity contribution in [1.29, 1.82) is 0 Å². The van der Waals surface area contributed by atoms with Gasteiger partial charge in [0.25, 0.3) is 5.91 Å². The molecule has 5 N–H and O–H groups in total. The van der Waals surface area contributed by atoms with Crippen molar-refractivity contribution >= 4 is 29.5 Å². The summed E-state index contributed by atoms with van der Waals surface area (Å²) in [5.74, 6) is -3.28. The van der Waals surface area contributed by atoms with Gasteiger partial charge in [-0.15, -0.1) is 0 Å². The van der Waals surface area contributed by atoms with Crippen LogP contribution in [0, 0.1) is 0 Å². The van der Waals surface area contributed by atoms with Crippen LogP contribution in [-0.4, -0.2) is 87.7 Å². The molecule has 53 heavy (non-hydrogen) atoms. The van der Waals surface area contributed by atoms with Crippen molar-refractivity contribution in [2.75, 3.05) is 18.5 Å². The fourth-order valence-corrected chi connectivity index (χ4v) is 6.24. The highest BCUT2D eigenvalue weighted by molar-refractivity contribution is 5.98. The molecule has 2 fully saturated rings. The number of unbranched alkanes of at least 4 members (excludes halogenated alkanes) is 5. The number of esters is 1. The minimum atomic E-state index is -2.11. The minimum Gasteiger partial charge on any atom is -0.504 e. The van der Waals surface area contributed by atoms with Crippen LogP contribution in [0.15, 0.2) is 48.5 Å². The van der Waals surface area contributed by atoms with E-state index < -0.39 is 59.1 Å². The van der Waals surface area contributed by atoms with Crippen molar-refractivity contribution < 1.29 is 53.4 Å². The van der Waals surface area contributed by atoms with Crippen molar-refractivity contribution in [3.05, 3.63) is 54.1 Å². The van der Waals surface area contributed by atoms with Crippen molar-refractivity contribution in [3.8, 4) is 17.2 Å². The fraction of sp³-hybridized carbons (Fsp3) is 0.575. The molecule has 1 saturated heterocycles. The number of aromatic hydroxyl groups is 2. The van der Waals surface area contributed by atoms with Crippen LogP contribution in [0.25, 0.3) is 6.08 Å². The van der Waals surface area contributed by atoms with Crippen LogP contribution >= 0.6 is 0 Å². The summed E-state index contributed by atoms with van der Waals surface area (Å²) in [6.45, 7) is 11.4. The van der Waals surface area contributed by atoms with Crippen LogP contribution in [0.5, 0.6) is 17.2 Å². The van der Waals surface area contributed by atoms with Gasteiger partial charge in [-0.1, -0.05) is 45.1 Å². The van der Waals surface area contributed by atoms with Crippen LogP contribution in [0.3, 0.4) is 0 Å². The maximum atomic E-state index is 13.9. The molecule has 13 heteroatoms. The van der Waals surface area contributed by atoms with E-state index in [0.29, 0.717) is 23.6 Å². The monoisotopic (exact) mass is 740 g/mol. The van der Waals surface area contributed by atoms with E-state index in [2.05, 4.69) is 17.6 Å². The third kappa shape index (κ3) is 12.7. The van der Waals surface area contributed by atoms with Gasteiger partial charge in [0.05, 0.1) is 24.9 Å². The van der Waals surface area contributed by atoms with Gasteiger partial charge in [0, 0.05) is 24.6 Å². The second-order valence-corrected chi connectivity index (χ2v) is 15.2. The molecular weight excluding hydrogens is 684 g/mol. The molecule has 5 atom stereocenters. The Kier molecular flexibility index (Phi) is 14.3. The van der Waals surface area contributed by atoms with Gasteiger partial charge in [0.15, 0.2) is 17.3 Å². The van der Waals surface area contributed by atoms with E-state index in [1.54, 1.807) is 38.1 Å². The number of nitrogens with one attached hydrogen (secondary N) is 2. The van der Waals surface area contributed by atoms with E-state index in [4.69, 9.17) is 23.7 Å². The van der Waals surface area contributed by atoms with Crippen LogP contribution in [0.4, 0.5) is 5.69 Å². The average Bonchev–Trinajstić information content (AvgIpc) is 3.40. The minimum absolute atomic E-state index is 0.182. The van der Waals surface area contributed by atoms with Gasteiger partial charge in [0.2, 0.25) is 5.91 Å². The molecule has 0 bridgehead atoms. The SMILES string of the molecule is CCCCCCCCOc1ccc(NC(=O)C(COC(C)(C)C)NC(=O)C2(O)CC(OC(=O)/C=C/c3ccc(O)c(O)c3)C3OC(C)(C)OC3C2)cc1. The molecule has 2 aromatic carbocycles. The number of anilines is 1. The number of phenols is 2. The lowest BCUT2D eigenvalue weighted by atomic mass is 9.78. The Hall–Kier alpha value is -4.17. The van der Waals surface area contributed by atoms with Crippen molar-refractivity contribution in [2.45, 2.75) is 134 Å². The number of hydrogen-bond acceptors (Lipinski definition) is 11. The fourth-order valence-electron chi connectivity index (χ4n) is 6.24. The summed E-state index contributed by atoms with van der Waals surface area (Å²) in [6, 6.07) is 9.80. The zero-order chi connectivity index (χ0) is 38.8. The highest BCUT2D eigenvalue weighted by Gasteiger charge is 2.57. The number of benzene rings is 2. The molecule has 2 amide bonds. The molecule has 0 spiro atoms. The van der Waals surface area contributed by atoms with Crippen LogP contribution in [0.1, 0.15) is 98.5 Å². The van der Waals surface area contributed by atoms with Gasteiger partial charge in [-0.25, -0.2) is 4.79 Å². The van der Waals surface area contributed by atoms with Gasteiger partial charge < -0.3 is 49.6 Å². The number of carbonyl (C=O) groups excluding carboxylic acids is 3. The first kappa shape index (κ1) is 41.6. The molecule has 0 aromatic heterocycles. The predicted octanol–water partition coefficient (Wildman–Crippen LogP) is 5.75. The summed E-state index contributed by atoms with van der Waals surface area (Å²) in [5.41, 5.74) is -1.85. The van der Waals surface area contributed by atoms with Gasteiger partial charge in [-0.2, -0.15) is 0 Å². The molecule has 0 radical (unpaired) electrons. The number of phenolic OH excluding ortho intramolecular Hbond substituents is 2. The lowest BCUT2D eigenvalue weighted by Gasteiger charge is -2.40. The van der Waals surface area contributed by atoms with E-state index in [9.17, 15) is 29.7 Å². The highest BCUT2D eigenvalue weighted by atomic mass is 16.8. The quantitative estimate of drug-likeness (QED) is 0.0577.